The van der Waals surface area contributed by atoms with Gasteiger partial charge in [-0.25, -0.2) is 0 Å². The smallest absolute Gasteiger partial charge is 0.241 e. The van der Waals surface area contributed by atoms with Gasteiger partial charge < -0.3 is 15.6 Å². The van der Waals surface area contributed by atoms with E-state index < -0.39 is 6.04 Å². The maximum atomic E-state index is 12.3. The highest BCUT2D eigenvalue weighted by atomic mass is 16.5. The summed E-state index contributed by atoms with van der Waals surface area (Å²) in [4.78, 5) is 12.3. The average molecular weight is 301 g/mol. The summed E-state index contributed by atoms with van der Waals surface area (Å²) in [5.41, 5.74) is 9.88. The van der Waals surface area contributed by atoms with Crippen molar-refractivity contribution in [2.24, 2.45) is 5.73 Å². The number of carbonyl (C=O) groups excluding carboxylic acids is 1. The van der Waals surface area contributed by atoms with E-state index in [0.29, 0.717) is 6.42 Å². The Kier molecular flexibility index (Phi) is 4.98. The fourth-order valence-electron chi connectivity index (χ4n) is 2.41. The molecule has 0 radical (unpaired) electrons. The quantitative estimate of drug-likeness (QED) is 0.888. The van der Waals surface area contributed by atoms with Crippen LogP contribution in [0.2, 0.25) is 0 Å². The standard InChI is InChI=1S/C17H23N3O2/c1-10-5-7-14(8-6-10)16(18)17(21)19-11(2)9-15-12(3)20-22-13(15)4/h5-8,11,16H,9,18H2,1-4H3,(H,19,21). The molecule has 1 aromatic carbocycles. The number of nitrogens with two attached hydrogens (primary N) is 1. The zero-order valence-corrected chi connectivity index (χ0v) is 13.5. The number of aryl methyl sites for hydroxylation is 3. The van der Waals surface area contributed by atoms with Crippen molar-refractivity contribution in [1.29, 1.82) is 0 Å². The van der Waals surface area contributed by atoms with Gasteiger partial charge in [-0.3, -0.25) is 4.79 Å². The van der Waals surface area contributed by atoms with Crippen LogP contribution in [0.4, 0.5) is 0 Å². The molecule has 2 aromatic rings. The Labute approximate surface area is 130 Å². The van der Waals surface area contributed by atoms with Gasteiger partial charge in [0.25, 0.3) is 0 Å². The highest BCUT2D eigenvalue weighted by molar-refractivity contribution is 5.83. The van der Waals surface area contributed by atoms with E-state index in [1.807, 2.05) is 52.0 Å². The minimum absolute atomic E-state index is 0.0409. The van der Waals surface area contributed by atoms with E-state index in [1.54, 1.807) is 0 Å². The second-order valence-electron chi connectivity index (χ2n) is 5.80. The lowest BCUT2D eigenvalue weighted by Gasteiger charge is -2.18. The molecule has 0 fully saturated rings. The molecule has 0 aliphatic carbocycles. The number of amides is 1. The Morgan fingerprint density at radius 2 is 1.91 bits per heavy atom. The van der Waals surface area contributed by atoms with Crippen LogP contribution in [0.5, 0.6) is 0 Å². The molecular weight excluding hydrogens is 278 g/mol. The molecule has 0 spiro atoms. The number of rotatable bonds is 5. The second kappa shape index (κ2) is 6.75. The van der Waals surface area contributed by atoms with Crippen LogP contribution in [0, 0.1) is 20.8 Å². The van der Waals surface area contributed by atoms with Crippen LogP contribution < -0.4 is 11.1 Å². The van der Waals surface area contributed by atoms with Gasteiger partial charge in [-0.05, 0) is 39.7 Å². The fraction of sp³-hybridized carbons (Fsp3) is 0.412. The summed E-state index contributed by atoms with van der Waals surface area (Å²) in [7, 11) is 0. The summed E-state index contributed by atoms with van der Waals surface area (Å²) in [6.07, 6.45) is 0.674. The summed E-state index contributed by atoms with van der Waals surface area (Å²) in [5, 5.41) is 6.88. The van der Waals surface area contributed by atoms with E-state index in [9.17, 15) is 4.79 Å². The number of nitrogens with one attached hydrogen (secondary N) is 1. The van der Waals surface area contributed by atoms with Gasteiger partial charge in [0.1, 0.15) is 11.8 Å². The number of hydrogen-bond acceptors (Lipinski definition) is 4. The monoisotopic (exact) mass is 301 g/mol. The van der Waals surface area contributed by atoms with Crippen LogP contribution in [0.15, 0.2) is 28.8 Å². The van der Waals surface area contributed by atoms with Crippen molar-refractivity contribution in [2.75, 3.05) is 0 Å². The predicted molar refractivity (Wildman–Crippen MR) is 85.4 cm³/mol. The Morgan fingerprint density at radius 3 is 2.45 bits per heavy atom. The molecule has 1 heterocycles. The molecule has 5 heteroatoms. The minimum atomic E-state index is -0.660. The number of carbonyl (C=O) groups is 1. The predicted octanol–water partition coefficient (Wildman–Crippen LogP) is 2.35. The first kappa shape index (κ1) is 16.2. The van der Waals surface area contributed by atoms with Crippen LogP contribution in [-0.2, 0) is 11.2 Å². The van der Waals surface area contributed by atoms with Gasteiger partial charge in [-0.1, -0.05) is 35.0 Å². The SMILES string of the molecule is Cc1ccc(C(N)C(=O)NC(C)Cc2c(C)noc2C)cc1. The third-order valence-electron chi connectivity index (χ3n) is 3.80. The van der Waals surface area contributed by atoms with Gasteiger partial charge >= 0.3 is 0 Å². The molecule has 1 amide bonds. The van der Waals surface area contributed by atoms with Crippen molar-refractivity contribution in [3.05, 3.63) is 52.4 Å². The summed E-state index contributed by atoms with van der Waals surface area (Å²) in [6.45, 7) is 7.73. The van der Waals surface area contributed by atoms with E-state index in [2.05, 4.69) is 10.5 Å². The Bertz CT molecular complexity index is 627. The molecular formula is C17H23N3O2. The molecule has 2 rings (SSSR count). The Morgan fingerprint density at radius 1 is 1.27 bits per heavy atom. The second-order valence-corrected chi connectivity index (χ2v) is 5.80. The van der Waals surface area contributed by atoms with Crippen molar-refractivity contribution < 1.29 is 9.32 Å². The molecule has 118 valence electrons. The van der Waals surface area contributed by atoms with E-state index in [1.165, 1.54) is 0 Å². The normalized spacial score (nSPS) is 13.7. The van der Waals surface area contributed by atoms with Crippen LogP contribution in [-0.4, -0.2) is 17.1 Å². The Hall–Kier alpha value is -2.14. The molecule has 0 bridgehead atoms. The molecule has 3 N–H and O–H groups in total. The number of nitrogens with zero attached hydrogens (tertiary/aromatic N) is 1. The molecule has 0 aliphatic heterocycles. The van der Waals surface area contributed by atoms with Gasteiger partial charge in [0.15, 0.2) is 0 Å². The summed E-state index contributed by atoms with van der Waals surface area (Å²) in [5.74, 6) is 0.615. The van der Waals surface area contributed by atoms with Crippen LogP contribution in [0.25, 0.3) is 0 Å². The maximum absolute atomic E-state index is 12.3. The zero-order chi connectivity index (χ0) is 16.3. The van der Waals surface area contributed by atoms with Gasteiger partial charge in [0.2, 0.25) is 5.91 Å². The van der Waals surface area contributed by atoms with Gasteiger partial charge in [-0.2, -0.15) is 0 Å². The van der Waals surface area contributed by atoms with Crippen LogP contribution in [0.1, 0.15) is 41.1 Å². The molecule has 2 unspecified atom stereocenters. The minimum Gasteiger partial charge on any atom is -0.361 e. The van der Waals surface area contributed by atoms with Crippen molar-refractivity contribution in [2.45, 2.75) is 46.2 Å². The molecule has 0 aliphatic rings. The van der Waals surface area contributed by atoms with Crippen molar-refractivity contribution in [3.63, 3.8) is 0 Å². The lowest BCUT2D eigenvalue weighted by atomic mass is 10.0. The van der Waals surface area contributed by atoms with Crippen molar-refractivity contribution in [1.82, 2.24) is 10.5 Å². The molecule has 5 nitrogen and oxygen atoms in total. The average Bonchev–Trinajstić information content (AvgIpc) is 2.79. The van der Waals surface area contributed by atoms with E-state index >= 15 is 0 Å². The van der Waals surface area contributed by atoms with Gasteiger partial charge in [0.05, 0.1) is 5.69 Å². The number of hydrogen-bond donors (Lipinski definition) is 2. The Balaban J connectivity index is 1.97. The third-order valence-corrected chi connectivity index (χ3v) is 3.80. The summed E-state index contributed by atoms with van der Waals surface area (Å²) in [6, 6.07) is 6.98. The van der Waals surface area contributed by atoms with Crippen LogP contribution >= 0.6 is 0 Å². The van der Waals surface area contributed by atoms with Gasteiger partial charge in [0, 0.05) is 11.6 Å². The molecule has 1 aromatic heterocycles. The zero-order valence-electron chi connectivity index (χ0n) is 13.5. The van der Waals surface area contributed by atoms with E-state index in [0.717, 1.165) is 28.1 Å². The highest BCUT2D eigenvalue weighted by Crippen LogP contribution is 2.15. The molecule has 0 saturated heterocycles. The van der Waals surface area contributed by atoms with Crippen molar-refractivity contribution >= 4 is 5.91 Å². The first-order valence-electron chi connectivity index (χ1n) is 7.42. The number of benzene rings is 1. The molecule has 0 saturated carbocycles. The number of aromatic nitrogens is 1. The first-order chi connectivity index (χ1) is 10.4. The molecule has 2 atom stereocenters. The first-order valence-corrected chi connectivity index (χ1v) is 7.42. The van der Waals surface area contributed by atoms with Crippen LogP contribution in [0.3, 0.4) is 0 Å². The maximum Gasteiger partial charge on any atom is 0.241 e. The highest BCUT2D eigenvalue weighted by Gasteiger charge is 2.19. The van der Waals surface area contributed by atoms with E-state index in [4.69, 9.17) is 10.3 Å². The summed E-state index contributed by atoms with van der Waals surface area (Å²) >= 11 is 0. The lowest BCUT2D eigenvalue weighted by molar-refractivity contribution is -0.123. The summed E-state index contributed by atoms with van der Waals surface area (Å²) < 4.78 is 5.14. The van der Waals surface area contributed by atoms with Crippen molar-refractivity contribution in [3.8, 4) is 0 Å². The van der Waals surface area contributed by atoms with E-state index in [-0.39, 0.29) is 11.9 Å². The molecule has 22 heavy (non-hydrogen) atoms. The third kappa shape index (κ3) is 3.74. The fourth-order valence-corrected chi connectivity index (χ4v) is 2.41. The largest absolute Gasteiger partial charge is 0.361 e. The lowest BCUT2D eigenvalue weighted by Crippen LogP contribution is -2.40. The van der Waals surface area contributed by atoms with Gasteiger partial charge in [-0.15, -0.1) is 0 Å². The topological polar surface area (TPSA) is 81.2 Å².